The van der Waals surface area contributed by atoms with Crippen LogP contribution in [0.2, 0.25) is 0 Å². The maximum atomic E-state index is 14.2. The molecule has 1 heterocycles. The van der Waals surface area contributed by atoms with Crippen molar-refractivity contribution in [3.05, 3.63) is 83.3 Å². The van der Waals surface area contributed by atoms with E-state index in [9.17, 15) is 26.6 Å². The highest BCUT2D eigenvalue weighted by atomic mass is 32.2. The first-order valence-electron chi connectivity index (χ1n) is 9.85. The number of halogens is 4. The number of anilines is 1. The molecular formula is C23H21F4N3O2S. The summed E-state index contributed by atoms with van der Waals surface area (Å²) in [5.41, 5.74) is 0.695. The SMILES string of the molecule is CC(C(=O)NCc1ccc(C(F)(F)F)cc1-c1ccccn1)c1ccc(NS(C)=O)c(F)c1. The van der Waals surface area contributed by atoms with Crippen LogP contribution in [0.15, 0.2) is 60.8 Å². The monoisotopic (exact) mass is 479 g/mol. The van der Waals surface area contributed by atoms with Crippen LogP contribution < -0.4 is 10.0 Å². The Kier molecular flexibility index (Phi) is 7.47. The number of pyridine rings is 1. The van der Waals surface area contributed by atoms with Gasteiger partial charge in [0, 0.05) is 24.6 Å². The van der Waals surface area contributed by atoms with Gasteiger partial charge in [0.2, 0.25) is 5.91 Å². The highest BCUT2D eigenvalue weighted by molar-refractivity contribution is 7.85. The summed E-state index contributed by atoms with van der Waals surface area (Å²) in [4.78, 5) is 16.8. The fourth-order valence-corrected chi connectivity index (χ4v) is 3.67. The molecule has 1 aromatic heterocycles. The van der Waals surface area contributed by atoms with Gasteiger partial charge in [0.1, 0.15) is 16.8 Å². The number of aromatic nitrogens is 1. The molecule has 2 N–H and O–H groups in total. The summed E-state index contributed by atoms with van der Waals surface area (Å²) in [6, 6.07) is 12.3. The van der Waals surface area contributed by atoms with Gasteiger partial charge in [0.25, 0.3) is 0 Å². The second kappa shape index (κ2) is 10.1. The Morgan fingerprint density at radius 3 is 2.48 bits per heavy atom. The van der Waals surface area contributed by atoms with E-state index in [-0.39, 0.29) is 17.8 Å². The second-order valence-electron chi connectivity index (χ2n) is 7.32. The maximum absolute atomic E-state index is 14.2. The van der Waals surface area contributed by atoms with Crippen LogP contribution in [0.1, 0.15) is 29.5 Å². The van der Waals surface area contributed by atoms with Crippen LogP contribution in [-0.2, 0) is 28.5 Å². The quantitative estimate of drug-likeness (QED) is 0.467. The summed E-state index contributed by atoms with van der Waals surface area (Å²) in [7, 11) is -1.45. The molecule has 2 unspecified atom stereocenters. The van der Waals surface area contributed by atoms with Gasteiger partial charge in [-0.25, -0.2) is 8.60 Å². The second-order valence-corrected chi connectivity index (χ2v) is 8.43. The number of carbonyl (C=O) groups is 1. The van der Waals surface area contributed by atoms with Crippen LogP contribution in [0.5, 0.6) is 0 Å². The topological polar surface area (TPSA) is 71.1 Å². The molecule has 0 saturated carbocycles. The zero-order chi connectivity index (χ0) is 24.2. The molecule has 0 radical (unpaired) electrons. The zero-order valence-electron chi connectivity index (χ0n) is 17.7. The van der Waals surface area contributed by atoms with E-state index in [0.29, 0.717) is 16.8 Å². The van der Waals surface area contributed by atoms with Crippen molar-refractivity contribution in [2.24, 2.45) is 0 Å². The Morgan fingerprint density at radius 2 is 1.88 bits per heavy atom. The lowest BCUT2D eigenvalue weighted by Gasteiger charge is -2.16. The van der Waals surface area contributed by atoms with Crippen molar-refractivity contribution in [1.29, 1.82) is 0 Å². The van der Waals surface area contributed by atoms with Gasteiger partial charge in [-0.2, -0.15) is 13.2 Å². The summed E-state index contributed by atoms with van der Waals surface area (Å²) >= 11 is 0. The van der Waals surface area contributed by atoms with Gasteiger partial charge in [-0.1, -0.05) is 18.2 Å². The number of hydrogen-bond acceptors (Lipinski definition) is 3. The summed E-state index contributed by atoms with van der Waals surface area (Å²) in [5, 5.41) is 2.70. The van der Waals surface area contributed by atoms with Gasteiger partial charge in [-0.3, -0.25) is 9.78 Å². The Bertz CT molecular complexity index is 1170. The van der Waals surface area contributed by atoms with Crippen LogP contribution in [0.3, 0.4) is 0 Å². The normalized spacial score (nSPS) is 13.3. The molecule has 3 aromatic rings. The van der Waals surface area contributed by atoms with E-state index >= 15 is 0 Å². The first kappa shape index (κ1) is 24.4. The van der Waals surface area contributed by atoms with E-state index in [0.717, 1.165) is 12.1 Å². The Hall–Kier alpha value is -3.27. The molecule has 0 aliphatic heterocycles. The van der Waals surface area contributed by atoms with Crippen molar-refractivity contribution in [2.75, 3.05) is 11.0 Å². The average Bonchev–Trinajstić information content (AvgIpc) is 2.78. The predicted molar refractivity (Wildman–Crippen MR) is 119 cm³/mol. The summed E-state index contributed by atoms with van der Waals surface area (Å²) in [5.74, 6) is -1.81. The van der Waals surface area contributed by atoms with Crippen LogP contribution >= 0.6 is 0 Å². The highest BCUT2D eigenvalue weighted by Crippen LogP contribution is 2.33. The molecule has 0 aliphatic carbocycles. The molecular weight excluding hydrogens is 458 g/mol. The zero-order valence-corrected chi connectivity index (χ0v) is 18.6. The van der Waals surface area contributed by atoms with Crippen molar-refractivity contribution in [2.45, 2.75) is 25.6 Å². The number of carbonyl (C=O) groups excluding carboxylic acids is 1. The first-order valence-corrected chi connectivity index (χ1v) is 11.4. The van der Waals surface area contributed by atoms with E-state index < -0.39 is 40.4 Å². The lowest BCUT2D eigenvalue weighted by atomic mass is 9.98. The predicted octanol–water partition coefficient (Wildman–Crippen LogP) is 5.03. The fourth-order valence-electron chi connectivity index (χ4n) is 3.19. The third kappa shape index (κ3) is 6.16. The summed E-state index contributed by atoms with van der Waals surface area (Å²) in [6.07, 6.45) is -1.68. The molecule has 5 nitrogen and oxygen atoms in total. The summed E-state index contributed by atoms with van der Waals surface area (Å²) < 4.78 is 67.6. The molecule has 0 aliphatic rings. The van der Waals surface area contributed by atoms with Crippen molar-refractivity contribution < 1.29 is 26.6 Å². The van der Waals surface area contributed by atoms with Crippen LogP contribution in [-0.4, -0.2) is 21.4 Å². The number of hydrogen-bond donors (Lipinski definition) is 2. The molecule has 1 amide bonds. The van der Waals surface area contributed by atoms with Crippen LogP contribution in [0, 0.1) is 5.82 Å². The molecule has 3 rings (SSSR count). The standard InChI is InChI=1S/C23H21F4N3O2S/c1-14(15-7-9-21(19(24)11-15)30-33(2)32)22(31)29-13-16-6-8-17(23(25,26)27)12-18(16)20-5-3-4-10-28-20/h3-12,14,30H,13H2,1-2H3,(H,29,31). The van der Waals surface area contributed by atoms with Crippen LogP contribution in [0.25, 0.3) is 11.3 Å². The minimum absolute atomic E-state index is 0.0375. The van der Waals surface area contributed by atoms with Crippen LogP contribution in [0.4, 0.5) is 23.2 Å². The smallest absolute Gasteiger partial charge is 0.351 e. The van der Waals surface area contributed by atoms with Gasteiger partial charge in [-0.15, -0.1) is 0 Å². The van der Waals surface area contributed by atoms with Crippen molar-refractivity contribution in [3.8, 4) is 11.3 Å². The third-order valence-corrected chi connectivity index (χ3v) is 5.48. The number of alkyl halides is 3. The Morgan fingerprint density at radius 1 is 1.12 bits per heavy atom. The van der Waals surface area contributed by atoms with Crippen molar-refractivity contribution in [1.82, 2.24) is 10.3 Å². The molecule has 174 valence electrons. The van der Waals surface area contributed by atoms with Gasteiger partial charge in [0.15, 0.2) is 0 Å². The molecule has 0 bridgehead atoms. The van der Waals surface area contributed by atoms with Crippen molar-refractivity contribution in [3.63, 3.8) is 0 Å². The molecule has 2 atom stereocenters. The fraction of sp³-hybridized carbons (Fsp3) is 0.217. The van der Waals surface area contributed by atoms with E-state index in [1.807, 2.05) is 0 Å². The highest BCUT2D eigenvalue weighted by Gasteiger charge is 2.31. The largest absolute Gasteiger partial charge is 0.416 e. The Labute approximate surface area is 190 Å². The molecule has 33 heavy (non-hydrogen) atoms. The lowest BCUT2D eigenvalue weighted by Crippen LogP contribution is -2.28. The minimum atomic E-state index is -4.52. The van der Waals surface area contributed by atoms with Crippen molar-refractivity contribution >= 4 is 22.6 Å². The van der Waals surface area contributed by atoms with Gasteiger partial charge >= 0.3 is 6.18 Å². The van der Waals surface area contributed by atoms with E-state index in [2.05, 4.69) is 15.0 Å². The number of nitrogens with zero attached hydrogens (tertiary/aromatic N) is 1. The number of rotatable bonds is 7. The molecule has 0 spiro atoms. The van der Waals surface area contributed by atoms with E-state index in [1.165, 1.54) is 30.7 Å². The number of nitrogens with one attached hydrogen (secondary N) is 2. The molecule has 10 heteroatoms. The van der Waals surface area contributed by atoms with Gasteiger partial charge in [-0.05, 0) is 54.4 Å². The van der Waals surface area contributed by atoms with Gasteiger partial charge < -0.3 is 10.0 Å². The Balaban J connectivity index is 1.79. The molecule has 0 saturated heterocycles. The van der Waals surface area contributed by atoms with E-state index in [1.54, 1.807) is 31.2 Å². The maximum Gasteiger partial charge on any atom is 0.416 e. The van der Waals surface area contributed by atoms with E-state index in [4.69, 9.17) is 0 Å². The average molecular weight is 479 g/mol. The number of amides is 1. The lowest BCUT2D eigenvalue weighted by molar-refractivity contribution is -0.137. The third-order valence-electron chi connectivity index (χ3n) is 4.97. The number of benzene rings is 2. The van der Waals surface area contributed by atoms with Gasteiger partial charge in [0.05, 0.1) is 22.9 Å². The molecule has 0 fully saturated rings. The molecule has 2 aromatic carbocycles. The summed E-state index contributed by atoms with van der Waals surface area (Å²) in [6.45, 7) is 1.55. The first-order chi connectivity index (χ1) is 15.6. The minimum Gasteiger partial charge on any atom is -0.351 e.